The summed E-state index contributed by atoms with van der Waals surface area (Å²) in [7, 11) is 1.58. The van der Waals surface area contributed by atoms with Crippen molar-refractivity contribution >= 4 is 40.0 Å². The number of nitrogens with one attached hydrogen (secondary N) is 1. The van der Waals surface area contributed by atoms with Gasteiger partial charge in [0.1, 0.15) is 11.0 Å². The number of anilines is 1. The maximum absolute atomic E-state index is 13.6. The van der Waals surface area contributed by atoms with E-state index in [4.69, 9.17) is 4.74 Å². The molecule has 3 aromatic carbocycles. The molecule has 0 spiro atoms. The summed E-state index contributed by atoms with van der Waals surface area (Å²) in [5, 5.41) is 12.1. The highest BCUT2D eigenvalue weighted by Gasteiger charge is 2.26. The quantitative estimate of drug-likeness (QED) is 0.247. The van der Waals surface area contributed by atoms with E-state index in [9.17, 15) is 9.59 Å². The summed E-state index contributed by atoms with van der Waals surface area (Å²) in [5.41, 5.74) is 1.93. The number of fused-ring (bicyclic) bond motifs is 3. The monoisotopic (exact) mass is 497 g/mol. The number of amides is 1. The standard InChI is InChI=1S/C27H23N5O3S/c1-3-16-31-25(34)21-14-7-8-15-22(21)32-26(31)29-30-27(32)36-23(18-10-5-4-6-11-18)24(33)28-19-12-9-13-20(17-19)35-2/h3-15,17,23H,1,16H2,2H3,(H,28,33). The van der Waals surface area contributed by atoms with Crippen molar-refractivity contribution in [3.05, 3.63) is 107 Å². The minimum Gasteiger partial charge on any atom is -0.497 e. The number of carbonyl (C=O) groups is 1. The lowest BCUT2D eigenvalue weighted by molar-refractivity contribution is -0.115. The average Bonchev–Trinajstić information content (AvgIpc) is 3.34. The van der Waals surface area contributed by atoms with Crippen molar-refractivity contribution in [3.8, 4) is 5.75 Å². The lowest BCUT2D eigenvalue weighted by atomic mass is 10.1. The van der Waals surface area contributed by atoms with Crippen LogP contribution in [0.3, 0.4) is 0 Å². The van der Waals surface area contributed by atoms with Crippen LogP contribution in [-0.4, -0.2) is 32.2 Å². The van der Waals surface area contributed by atoms with E-state index in [1.807, 2.05) is 65.1 Å². The molecule has 9 heteroatoms. The zero-order chi connectivity index (χ0) is 25.1. The first-order valence-corrected chi connectivity index (χ1v) is 12.1. The zero-order valence-corrected chi connectivity index (χ0v) is 20.3. The van der Waals surface area contributed by atoms with Crippen LogP contribution in [0.15, 0.2) is 101 Å². The molecular formula is C27H23N5O3S. The first kappa shape index (κ1) is 23.4. The fraction of sp³-hybridized carbons (Fsp3) is 0.111. The Labute approximate surface area is 211 Å². The molecule has 0 aliphatic rings. The maximum Gasteiger partial charge on any atom is 0.263 e. The van der Waals surface area contributed by atoms with Gasteiger partial charge in [-0.1, -0.05) is 66.4 Å². The Kier molecular flexibility index (Phi) is 6.55. The lowest BCUT2D eigenvalue weighted by Crippen LogP contribution is -2.23. The number of benzene rings is 3. The van der Waals surface area contributed by atoms with Gasteiger partial charge >= 0.3 is 0 Å². The molecule has 1 N–H and O–H groups in total. The number of para-hydroxylation sites is 1. The molecule has 1 unspecified atom stereocenters. The van der Waals surface area contributed by atoms with E-state index in [1.165, 1.54) is 16.3 Å². The first-order valence-electron chi connectivity index (χ1n) is 11.2. The van der Waals surface area contributed by atoms with Crippen molar-refractivity contribution < 1.29 is 9.53 Å². The van der Waals surface area contributed by atoms with Crippen molar-refractivity contribution in [2.24, 2.45) is 0 Å². The van der Waals surface area contributed by atoms with Gasteiger partial charge in [-0.2, -0.15) is 0 Å². The molecule has 36 heavy (non-hydrogen) atoms. The van der Waals surface area contributed by atoms with Crippen LogP contribution in [0.5, 0.6) is 5.75 Å². The van der Waals surface area contributed by atoms with Crippen molar-refractivity contribution in [2.45, 2.75) is 17.0 Å². The number of ether oxygens (including phenoxy) is 1. The predicted octanol–water partition coefficient (Wildman–Crippen LogP) is 4.71. The third kappa shape index (κ3) is 4.36. The summed E-state index contributed by atoms with van der Waals surface area (Å²) in [6.07, 6.45) is 1.64. The molecule has 2 aromatic heterocycles. The van der Waals surface area contributed by atoms with Crippen LogP contribution in [0.25, 0.3) is 16.7 Å². The minimum atomic E-state index is -0.636. The molecule has 0 aliphatic carbocycles. The molecule has 5 aromatic rings. The normalized spacial score (nSPS) is 11.9. The number of thioether (sulfide) groups is 1. The van der Waals surface area contributed by atoms with E-state index >= 15 is 0 Å². The molecular weight excluding hydrogens is 474 g/mol. The lowest BCUT2D eigenvalue weighted by Gasteiger charge is -2.17. The minimum absolute atomic E-state index is 0.169. The predicted molar refractivity (Wildman–Crippen MR) is 142 cm³/mol. The number of allylic oxidation sites excluding steroid dienone is 1. The van der Waals surface area contributed by atoms with Gasteiger partial charge in [-0.05, 0) is 29.8 Å². The summed E-state index contributed by atoms with van der Waals surface area (Å²) in [6, 6.07) is 24.0. The third-order valence-corrected chi connectivity index (χ3v) is 6.89. The number of rotatable bonds is 8. The Morgan fingerprint density at radius 3 is 2.64 bits per heavy atom. The number of hydrogen-bond donors (Lipinski definition) is 1. The van der Waals surface area contributed by atoms with Crippen LogP contribution in [0.2, 0.25) is 0 Å². The van der Waals surface area contributed by atoms with Gasteiger partial charge in [0.25, 0.3) is 5.56 Å². The second-order valence-electron chi connectivity index (χ2n) is 7.97. The molecule has 5 rings (SSSR count). The van der Waals surface area contributed by atoms with Crippen LogP contribution < -0.4 is 15.6 Å². The van der Waals surface area contributed by atoms with E-state index in [0.29, 0.717) is 33.3 Å². The summed E-state index contributed by atoms with van der Waals surface area (Å²) in [4.78, 5) is 26.7. The van der Waals surface area contributed by atoms with Crippen molar-refractivity contribution in [3.63, 3.8) is 0 Å². The Hall–Kier alpha value is -4.37. The molecule has 0 bridgehead atoms. The largest absolute Gasteiger partial charge is 0.497 e. The van der Waals surface area contributed by atoms with Gasteiger partial charge in [0, 0.05) is 18.3 Å². The number of carbonyl (C=O) groups excluding carboxylic acids is 1. The Morgan fingerprint density at radius 2 is 1.86 bits per heavy atom. The molecule has 1 amide bonds. The number of hydrogen-bond acceptors (Lipinski definition) is 6. The topological polar surface area (TPSA) is 90.5 Å². The molecule has 1 atom stereocenters. The molecule has 0 radical (unpaired) electrons. The SMILES string of the molecule is C=CCn1c(=O)c2ccccc2n2c(SC(C(=O)Nc3cccc(OC)c3)c3ccccc3)nnc12. The molecule has 2 heterocycles. The third-order valence-electron chi connectivity index (χ3n) is 5.69. The molecule has 0 saturated carbocycles. The van der Waals surface area contributed by atoms with Gasteiger partial charge in [-0.15, -0.1) is 16.8 Å². The number of nitrogens with zero attached hydrogens (tertiary/aromatic N) is 4. The number of methoxy groups -OCH3 is 1. The van der Waals surface area contributed by atoms with E-state index in [-0.39, 0.29) is 18.0 Å². The summed E-state index contributed by atoms with van der Waals surface area (Å²) >= 11 is 1.27. The molecule has 0 fully saturated rings. The van der Waals surface area contributed by atoms with Gasteiger partial charge in [0.05, 0.1) is 18.0 Å². The van der Waals surface area contributed by atoms with Gasteiger partial charge in [0.2, 0.25) is 11.7 Å². The Morgan fingerprint density at radius 1 is 1.08 bits per heavy atom. The highest BCUT2D eigenvalue weighted by molar-refractivity contribution is 8.00. The zero-order valence-electron chi connectivity index (χ0n) is 19.5. The fourth-order valence-corrected chi connectivity index (χ4v) is 5.06. The summed E-state index contributed by atoms with van der Waals surface area (Å²) < 4.78 is 8.63. The molecule has 180 valence electrons. The highest BCUT2D eigenvalue weighted by atomic mass is 32.2. The average molecular weight is 498 g/mol. The van der Waals surface area contributed by atoms with Gasteiger partial charge in [-0.3, -0.25) is 18.6 Å². The van der Waals surface area contributed by atoms with E-state index in [0.717, 1.165) is 5.56 Å². The molecule has 8 nitrogen and oxygen atoms in total. The fourth-order valence-electron chi connectivity index (χ4n) is 4.02. The highest BCUT2D eigenvalue weighted by Crippen LogP contribution is 2.36. The van der Waals surface area contributed by atoms with E-state index in [2.05, 4.69) is 22.1 Å². The smallest absolute Gasteiger partial charge is 0.263 e. The van der Waals surface area contributed by atoms with Crippen LogP contribution >= 0.6 is 11.8 Å². The van der Waals surface area contributed by atoms with Gasteiger partial charge < -0.3 is 10.1 Å². The van der Waals surface area contributed by atoms with Crippen LogP contribution in [-0.2, 0) is 11.3 Å². The van der Waals surface area contributed by atoms with Crippen LogP contribution in [0.4, 0.5) is 5.69 Å². The van der Waals surface area contributed by atoms with Gasteiger partial charge in [0.15, 0.2) is 5.16 Å². The maximum atomic E-state index is 13.6. The summed E-state index contributed by atoms with van der Waals surface area (Å²) in [5.74, 6) is 0.813. The molecule has 0 saturated heterocycles. The Balaban J connectivity index is 1.61. The van der Waals surface area contributed by atoms with Crippen LogP contribution in [0.1, 0.15) is 10.8 Å². The second-order valence-corrected chi connectivity index (χ2v) is 9.04. The van der Waals surface area contributed by atoms with Crippen molar-refractivity contribution in [1.82, 2.24) is 19.2 Å². The van der Waals surface area contributed by atoms with Crippen molar-refractivity contribution in [2.75, 3.05) is 12.4 Å². The van der Waals surface area contributed by atoms with Crippen LogP contribution in [0, 0.1) is 0 Å². The Bertz CT molecular complexity index is 1630. The first-order chi connectivity index (χ1) is 17.6. The van der Waals surface area contributed by atoms with Gasteiger partial charge in [-0.25, -0.2) is 0 Å². The van der Waals surface area contributed by atoms with E-state index in [1.54, 1.807) is 31.4 Å². The van der Waals surface area contributed by atoms with Crippen molar-refractivity contribution in [1.29, 1.82) is 0 Å². The second kappa shape index (κ2) is 10.1. The number of aromatic nitrogens is 4. The molecule has 0 aliphatic heterocycles. The summed E-state index contributed by atoms with van der Waals surface area (Å²) in [6.45, 7) is 4.06. The van der Waals surface area contributed by atoms with E-state index < -0.39 is 5.25 Å².